The molecule has 0 aliphatic carbocycles. The number of thioether (sulfide) groups is 1. The monoisotopic (exact) mass is 535 g/mol. The summed E-state index contributed by atoms with van der Waals surface area (Å²) >= 11 is 10.00. The SMILES string of the molecule is O=C(CSC1NCC(S(=O)(=O)c2ccc(Br)cc2)C(=O)N1)Nc1ccc(F)c(Cl)c1. The van der Waals surface area contributed by atoms with Crippen molar-refractivity contribution in [1.29, 1.82) is 0 Å². The Morgan fingerprint density at radius 3 is 2.60 bits per heavy atom. The van der Waals surface area contributed by atoms with Crippen LogP contribution in [0.5, 0.6) is 0 Å². The van der Waals surface area contributed by atoms with Crippen LogP contribution in [-0.2, 0) is 19.4 Å². The number of carbonyl (C=O) groups is 2. The van der Waals surface area contributed by atoms with Crippen LogP contribution in [0, 0.1) is 5.82 Å². The number of rotatable bonds is 6. The van der Waals surface area contributed by atoms with Crippen molar-refractivity contribution in [3.63, 3.8) is 0 Å². The zero-order valence-electron chi connectivity index (χ0n) is 15.2. The van der Waals surface area contributed by atoms with Gasteiger partial charge in [-0.2, -0.15) is 0 Å². The molecule has 2 aromatic rings. The van der Waals surface area contributed by atoms with Crippen LogP contribution in [0.1, 0.15) is 0 Å². The lowest BCUT2D eigenvalue weighted by Crippen LogP contribution is -2.59. The molecule has 1 aliphatic heterocycles. The van der Waals surface area contributed by atoms with Gasteiger partial charge >= 0.3 is 0 Å². The lowest BCUT2D eigenvalue weighted by Gasteiger charge is -2.29. The molecule has 3 N–H and O–H groups in total. The average Bonchev–Trinajstić information content (AvgIpc) is 2.69. The summed E-state index contributed by atoms with van der Waals surface area (Å²) in [5, 5.41) is 6.66. The van der Waals surface area contributed by atoms with Crippen molar-refractivity contribution in [1.82, 2.24) is 10.6 Å². The van der Waals surface area contributed by atoms with Gasteiger partial charge in [-0.1, -0.05) is 27.5 Å². The van der Waals surface area contributed by atoms with Crippen molar-refractivity contribution >= 4 is 66.6 Å². The van der Waals surface area contributed by atoms with Crippen molar-refractivity contribution in [2.24, 2.45) is 0 Å². The third kappa shape index (κ3) is 5.52. The molecule has 1 saturated heterocycles. The zero-order chi connectivity index (χ0) is 21.9. The quantitative estimate of drug-likeness (QED) is 0.525. The van der Waals surface area contributed by atoms with Gasteiger partial charge in [0.05, 0.1) is 15.7 Å². The molecular weight excluding hydrogens is 521 g/mol. The van der Waals surface area contributed by atoms with Crippen LogP contribution in [-0.4, -0.2) is 43.3 Å². The van der Waals surface area contributed by atoms with Gasteiger partial charge in [0.2, 0.25) is 11.8 Å². The standard InChI is InChI=1S/C18H16BrClFN3O4S2/c19-10-1-4-12(5-2-10)30(27,28)15-8-22-18(24-17(15)26)29-9-16(25)23-11-3-6-14(21)13(20)7-11/h1-7,15,18,22H,8-9H2,(H,23,25)(H,24,26). The lowest BCUT2D eigenvalue weighted by atomic mass is 10.3. The summed E-state index contributed by atoms with van der Waals surface area (Å²) in [6.07, 6.45) is 0. The molecule has 2 unspecified atom stereocenters. The molecule has 12 heteroatoms. The van der Waals surface area contributed by atoms with E-state index < -0.39 is 32.3 Å². The van der Waals surface area contributed by atoms with Crippen molar-refractivity contribution in [3.05, 3.63) is 57.8 Å². The van der Waals surface area contributed by atoms with E-state index >= 15 is 0 Å². The molecule has 0 spiro atoms. The normalized spacial score (nSPS) is 19.2. The predicted octanol–water partition coefficient (Wildman–Crippen LogP) is 2.76. The van der Waals surface area contributed by atoms with Gasteiger partial charge in [-0.3, -0.25) is 14.9 Å². The Hall–Kier alpha value is -1.66. The van der Waals surface area contributed by atoms with E-state index in [0.717, 1.165) is 22.3 Å². The van der Waals surface area contributed by atoms with Crippen molar-refractivity contribution in [2.75, 3.05) is 17.6 Å². The molecule has 30 heavy (non-hydrogen) atoms. The summed E-state index contributed by atoms with van der Waals surface area (Å²) in [7, 11) is -3.86. The molecule has 2 amide bonds. The fraction of sp³-hybridized carbons (Fsp3) is 0.222. The van der Waals surface area contributed by atoms with Crippen LogP contribution < -0.4 is 16.0 Å². The highest BCUT2D eigenvalue weighted by atomic mass is 79.9. The van der Waals surface area contributed by atoms with Crippen LogP contribution in [0.25, 0.3) is 0 Å². The Kier molecular flexibility index (Phi) is 7.40. The minimum atomic E-state index is -3.86. The Morgan fingerprint density at radius 1 is 1.27 bits per heavy atom. The predicted molar refractivity (Wildman–Crippen MR) is 118 cm³/mol. The highest BCUT2D eigenvalue weighted by Gasteiger charge is 2.38. The van der Waals surface area contributed by atoms with E-state index in [-0.39, 0.29) is 28.1 Å². The highest BCUT2D eigenvalue weighted by molar-refractivity contribution is 9.10. The molecule has 1 heterocycles. The first-order chi connectivity index (χ1) is 14.2. The first kappa shape index (κ1) is 23.0. The number of amides is 2. The smallest absolute Gasteiger partial charge is 0.241 e. The van der Waals surface area contributed by atoms with Gasteiger partial charge in [-0.25, -0.2) is 12.8 Å². The topological polar surface area (TPSA) is 104 Å². The molecular formula is C18H16BrClFN3O4S2. The van der Waals surface area contributed by atoms with Gasteiger partial charge in [-0.15, -0.1) is 11.8 Å². The van der Waals surface area contributed by atoms with E-state index in [1.807, 2.05) is 0 Å². The number of halogens is 3. The van der Waals surface area contributed by atoms with Gasteiger partial charge in [-0.05, 0) is 42.5 Å². The summed E-state index contributed by atoms with van der Waals surface area (Å²) in [5.74, 6) is -1.65. The molecule has 0 aromatic heterocycles. The molecule has 7 nitrogen and oxygen atoms in total. The van der Waals surface area contributed by atoms with Gasteiger partial charge in [0.25, 0.3) is 0 Å². The van der Waals surface area contributed by atoms with Crippen molar-refractivity contribution < 1.29 is 22.4 Å². The van der Waals surface area contributed by atoms with E-state index in [2.05, 4.69) is 31.9 Å². The van der Waals surface area contributed by atoms with Crippen LogP contribution in [0.2, 0.25) is 5.02 Å². The minimum absolute atomic E-state index is 0.0307. The first-order valence-electron chi connectivity index (χ1n) is 8.56. The fourth-order valence-electron chi connectivity index (χ4n) is 2.65. The number of nitrogens with one attached hydrogen (secondary N) is 3. The summed E-state index contributed by atoms with van der Waals surface area (Å²) in [6.45, 7) is -0.0862. The Labute approximate surface area is 190 Å². The molecule has 1 fully saturated rings. The second kappa shape index (κ2) is 9.65. The van der Waals surface area contributed by atoms with E-state index in [1.165, 1.54) is 24.3 Å². The summed E-state index contributed by atoms with van der Waals surface area (Å²) < 4.78 is 39.3. The van der Waals surface area contributed by atoms with Crippen molar-refractivity contribution in [3.8, 4) is 0 Å². The minimum Gasteiger partial charge on any atom is -0.331 e. The average molecular weight is 537 g/mol. The van der Waals surface area contributed by atoms with Crippen molar-refractivity contribution in [2.45, 2.75) is 15.6 Å². The van der Waals surface area contributed by atoms with E-state index in [1.54, 1.807) is 12.1 Å². The third-order valence-electron chi connectivity index (χ3n) is 4.16. The van der Waals surface area contributed by atoms with E-state index in [0.29, 0.717) is 5.69 Å². The first-order valence-corrected chi connectivity index (χ1v) is 12.3. The number of hydrogen-bond acceptors (Lipinski definition) is 6. The largest absolute Gasteiger partial charge is 0.331 e. The maximum absolute atomic E-state index is 13.2. The lowest BCUT2D eigenvalue weighted by molar-refractivity contribution is -0.122. The van der Waals surface area contributed by atoms with Gasteiger partial charge in [0.1, 0.15) is 11.3 Å². The molecule has 1 aliphatic rings. The second-order valence-corrected chi connectivity index (χ2v) is 10.8. The van der Waals surface area contributed by atoms with E-state index in [9.17, 15) is 22.4 Å². The maximum atomic E-state index is 13.2. The van der Waals surface area contributed by atoms with Crippen LogP contribution in [0.4, 0.5) is 10.1 Å². The van der Waals surface area contributed by atoms with Gasteiger partial charge < -0.3 is 10.6 Å². The van der Waals surface area contributed by atoms with Gasteiger partial charge in [0, 0.05) is 16.7 Å². The molecule has 160 valence electrons. The summed E-state index contributed by atoms with van der Waals surface area (Å²) in [5.41, 5.74) is -0.287. The van der Waals surface area contributed by atoms with Gasteiger partial charge in [0.15, 0.2) is 15.1 Å². The maximum Gasteiger partial charge on any atom is 0.241 e. The third-order valence-corrected chi connectivity index (χ3v) is 8.08. The summed E-state index contributed by atoms with van der Waals surface area (Å²) in [4.78, 5) is 24.5. The fourth-order valence-corrected chi connectivity index (χ4v) is 5.41. The second-order valence-electron chi connectivity index (χ2n) is 6.27. The molecule has 0 saturated carbocycles. The van der Waals surface area contributed by atoms with Crippen LogP contribution in [0.3, 0.4) is 0 Å². The zero-order valence-corrected chi connectivity index (χ0v) is 19.2. The number of benzene rings is 2. The van der Waals surface area contributed by atoms with E-state index in [4.69, 9.17) is 11.6 Å². The number of anilines is 1. The van der Waals surface area contributed by atoms with Crippen LogP contribution >= 0.6 is 39.3 Å². The Balaban J connectivity index is 1.54. The highest BCUT2D eigenvalue weighted by Crippen LogP contribution is 2.22. The summed E-state index contributed by atoms with van der Waals surface area (Å²) in [6, 6.07) is 9.85. The number of carbonyl (C=O) groups excluding carboxylic acids is 2. The van der Waals surface area contributed by atoms with Crippen LogP contribution in [0.15, 0.2) is 51.8 Å². The molecule has 2 atom stereocenters. The molecule has 0 bridgehead atoms. The number of sulfone groups is 1. The molecule has 0 radical (unpaired) electrons. The molecule has 2 aromatic carbocycles. The Morgan fingerprint density at radius 2 is 1.97 bits per heavy atom. The Bertz CT molecular complexity index is 1070. The number of hydrogen-bond donors (Lipinski definition) is 3. The molecule has 3 rings (SSSR count).